The Balaban J connectivity index is 2.46. The van der Waals surface area contributed by atoms with Crippen LogP contribution in [-0.4, -0.2) is 46.0 Å². The fraction of sp³-hybridized carbons (Fsp3) is 0.600. The molecule has 6 nitrogen and oxygen atoms in total. The fourth-order valence-electron chi connectivity index (χ4n) is 2.99. The smallest absolute Gasteiger partial charge is 0.243 e. The molecule has 130 valence electrons. The maximum absolute atomic E-state index is 12.9. The minimum Gasteiger partial charge on any atom is -0.329 e. The van der Waals surface area contributed by atoms with Gasteiger partial charge in [-0.3, -0.25) is 0 Å². The van der Waals surface area contributed by atoms with E-state index in [1.807, 2.05) is 6.92 Å². The number of nitrogens with zero attached hydrogens (tertiary/aromatic N) is 1. The molecule has 0 amide bonds. The van der Waals surface area contributed by atoms with Crippen molar-refractivity contribution in [3.63, 3.8) is 0 Å². The lowest BCUT2D eigenvalue weighted by molar-refractivity contribution is 0.192. The Morgan fingerprint density at radius 3 is 2.48 bits per heavy atom. The molecule has 0 radical (unpaired) electrons. The number of piperidine rings is 1. The van der Waals surface area contributed by atoms with Gasteiger partial charge >= 0.3 is 0 Å². The molecule has 2 atom stereocenters. The average molecular weight is 361 g/mol. The van der Waals surface area contributed by atoms with Crippen molar-refractivity contribution in [2.45, 2.75) is 42.5 Å². The number of benzene rings is 1. The summed E-state index contributed by atoms with van der Waals surface area (Å²) < 4.78 is 51.3. The molecular formula is C15H24N2O4S2. The Morgan fingerprint density at radius 2 is 1.87 bits per heavy atom. The van der Waals surface area contributed by atoms with Gasteiger partial charge in [0, 0.05) is 19.1 Å². The summed E-state index contributed by atoms with van der Waals surface area (Å²) in [6.07, 6.45) is 1.72. The van der Waals surface area contributed by atoms with Crippen LogP contribution < -0.4 is 5.73 Å². The topological polar surface area (TPSA) is 97.5 Å². The van der Waals surface area contributed by atoms with Gasteiger partial charge in [0.05, 0.1) is 15.5 Å². The van der Waals surface area contributed by atoms with Crippen LogP contribution in [-0.2, 0) is 19.9 Å². The molecule has 1 aromatic carbocycles. The molecule has 0 unspecified atom stereocenters. The molecular weight excluding hydrogens is 336 g/mol. The standard InChI is InChI=1S/C15H24N2O4S2/c1-3-22(18,19)13-7-4-8-14(10-13)23(20,21)17-9-5-6-12(2)15(17)11-16/h4,7-8,10,12,15H,3,5-6,9,11,16H2,1-2H3/t12-,15-/m0/s1. The number of rotatable bonds is 5. The minimum absolute atomic E-state index is 0.0135. The molecule has 2 N–H and O–H groups in total. The summed E-state index contributed by atoms with van der Waals surface area (Å²) in [6, 6.07) is 5.34. The molecule has 1 aromatic rings. The van der Waals surface area contributed by atoms with Gasteiger partial charge in [0.2, 0.25) is 10.0 Å². The van der Waals surface area contributed by atoms with E-state index < -0.39 is 19.9 Å². The van der Waals surface area contributed by atoms with Crippen molar-refractivity contribution in [3.8, 4) is 0 Å². The lowest BCUT2D eigenvalue weighted by Crippen LogP contribution is -2.51. The number of hydrogen-bond donors (Lipinski definition) is 1. The molecule has 0 aromatic heterocycles. The predicted molar refractivity (Wildman–Crippen MR) is 89.3 cm³/mol. The summed E-state index contributed by atoms with van der Waals surface area (Å²) in [5.74, 6) is 0.119. The van der Waals surface area contributed by atoms with E-state index in [-0.39, 0.29) is 34.0 Å². The second-order valence-corrected chi connectivity index (χ2v) is 10.1. The Kier molecular flexibility index (Phi) is 5.50. The summed E-state index contributed by atoms with van der Waals surface area (Å²) >= 11 is 0. The van der Waals surface area contributed by atoms with Gasteiger partial charge in [0.1, 0.15) is 0 Å². The molecule has 1 fully saturated rings. The molecule has 8 heteroatoms. The molecule has 0 aliphatic carbocycles. The van der Waals surface area contributed by atoms with Crippen LogP contribution in [0.4, 0.5) is 0 Å². The highest BCUT2D eigenvalue weighted by Crippen LogP contribution is 2.29. The molecule has 1 saturated heterocycles. The maximum Gasteiger partial charge on any atom is 0.243 e. The van der Waals surface area contributed by atoms with Crippen molar-refractivity contribution in [1.82, 2.24) is 4.31 Å². The van der Waals surface area contributed by atoms with Crippen LogP contribution in [0.1, 0.15) is 26.7 Å². The largest absolute Gasteiger partial charge is 0.329 e. The van der Waals surface area contributed by atoms with Gasteiger partial charge in [-0.15, -0.1) is 0 Å². The van der Waals surface area contributed by atoms with Crippen LogP contribution >= 0.6 is 0 Å². The average Bonchev–Trinajstić information content (AvgIpc) is 2.54. The van der Waals surface area contributed by atoms with Crippen molar-refractivity contribution in [2.75, 3.05) is 18.8 Å². The van der Waals surface area contributed by atoms with Crippen molar-refractivity contribution < 1.29 is 16.8 Å². The first-order valence-corrected chi connectivity index (χ1v) is 10.9. The van der Waals surface area contributed by atoms with E-state index in [9.17, 15) is 16.8 Å². The number of nitrogens with two attached hydrogens (primary N) is 1. The quantitative estimate of drug-likeness (QED) is 0.852. The summed E-state index contributed by atoms with van der Waals surface area (Å²) in [5, 5.41) is 0. The van der Waals surface area contributed by atoms with Gasteiger partial charge in [0.25, 0.3) is 0 Å². The van der Waals surface area contributed by atoms with Crippen LogP contribution in [0.15, 0.2) is 34.1 Å². The molecule has 1 aliphatic heterocycles. The fourth-order valence-corrected chi connectivity index (χ4v) is 5.81. The van der Waals surface area contributed by atoms with E-state index in [1.54, 1.807) is 0 Å². The second kappa shape index (κ2) is 6.88. The zero-order valence-corrected chi connectivity index (χ0v) is 15.1. The highest BCUT2D eigenvalue weighted by atomic mass is 32.2. The molecule has 0 bridgehead atoms. The number of sulfonamides is 1. The third-order valence-electron chi connectivity index (χ3n) is 4.46. The monoisotopic (exact) mass is 360 g/mol. The Hall–Kier alpha value is -0.960. The SMILES string of the molecule is CCS(=O)(=O)c1cccc(S(=O)(=O)N2CCC[C@H](C)[C@@H]2CN)c1. The lowest BCUT2D eigenvalue weighted by Gasteiger charge is -2.38. The van der Waals surface area contributed by atoms with Crippen molar-refractivity contribution in [1.29, 1.82) is 0 Å². The van der Waals surface area contributed by atoms with Crippen molar-refractivity contribution in [2.24, 2.45) is 11.7 Å². The Morgan fingerprint density at radius 1 is 1.22 bits per heavy atom. The Bertz CT molecular complexity index is 759. The van der Waals surface area contributed by atoms with Crippen LogP contribution in [0.2, 0.25) is 0 Å². The first kappa shape index (κ1) is 18.4. The van der Waals surface area contributed by atoms with E-state index in [1.165, 1.54) is 35.5 Å². The van der Waals surface area contributed by atoms with Crippen LogP contribution in [0.25, 0.3) is 0 Å². The molecule has 1 aliphatic rings. The summed E-state index contributed by atoms with van der Waals surface area (Å²) in [4.78, 5) is 0.0509. The summed E-state index contributed by atoms with van der Waals surface area (Å²) in [6.45, 7) is 4.21. The molecule has 0 spiro atoms. The molecule has 2 rings (SSSR count). The van der Waals surface area contributed by atoms with Crippen LogP contribution in [0, 0.1) is 5.92 Å². The van der Waals surface area contributed by atoms with Gasteiger partial charge < -0.3 is 5.73 Å². The first-order valence-electron chi connectivity index (χ1n) is 7.78. The highest BCUT2D eigenvalue weighted by Gasteiger charge is 2.36. The van der Waals surface area contributed by atoms with Crippen molar-refractivity contribution >= 4 is 19.9 Å². The highest BCUT2D eigenvalue weighted by molar-refractivity contribution is 7.91. The lowest BCUT2D eigenvalue weighted by atomic mass is 9.93. The minimum atomic E-state index is -3.76. The summed E-state index contributed by atoms with van der Waals surface area (Å²) in [5.41, 5.74) is 5.78. The predicted octanol–water partition coefficient (Wildman–Crippen LogP) is 1.23. The van der Waals surface area contributed by atoms with Gasteiger partial charge in [-0.1, -0.05) is 19.9 Å². The summed E-state index contributed by atoms with van der Waals surface area (Å²) in [7, 11) is -7.21. The van der Waals surface area contributed by atoms with Gasteiger partial charge in [-0.2, -0.15) is 4.31 Å². The maximum atomic E-state index is 12.9. The zero-order chi connectivity index (χ0) is 17.3. The molecule has 1 heterocycles. The third-order valence-corrected chi connectivity index (χ3v) is 8.11. The Labute approximate surface area is 138 Å². The number of hydrogen-bond acceptors (Lipinski definition) is 5. The van der Waals surface area contributed by atoms with E-state index >= 15 is 0 Å². The van der Waals surface area contributed by atoms with E-state index in [0.717, 1.165) is 12.8 Å². The van der Waals surface area contributed by atoms with E-state index in [2.05, 4.69) is 0 Å². The van der Waals surface area contributed by atoms with Gasteiger partial charge in [-0.05, 0) is 37.0 Å². The van der Waals surface area contributed by atoms with Gasteiger partial charge in [0.15, 0.2) is 9.84 Å². The van der Waals surface area contributed by atoms with Crippen LogP contribution in [0.3, 0.4) is 0 Å². The third kappa shape index (κ3) is 3.60. The second-order valence-electron chi connectivity index (χ2n) is 5.92. The van der Waals surface area contributed by atoms with Gasteiger partial charge in [-0.25, -0.2) is 16.8 Å². The van der Waals surface area contributed by atoms with E-state index in [4.69, 9.17) is 5.73 Å². The molecule has 0 saturated carbocycles. The number of sulfone groups is 1. The molecule has 23 heavy (non-hydrogen) atoms. The van der Waals surface area contributed by atoms with Crippen LogP contribution in [0.5, 0.6) is 0 Å². The zero-order valence-electron chi connectivity index (χ0n) is 13.5. The van der Waals surface area contributed by atoms with Crippen molar-refractivity contribution in [3.05, 3.63) is 24.3 Å². The normalized spacial score (nSPS) is 23.8. The van der Waals surface area contributed by atoms with E-state index in [0.29, 0.717) is 6.54 Å². The first-order chi connectivity index (χ1) is 10.7.